The van der Waals surface area contributed by atoms with E-state index in [1.54, 1.807) is 12.4 Å². The Morgan fingerprint density at radius 3 is 2.73 bits per heavy atom. The molecule has 0 saturated heterocycles. The van der Waals surface area contributed by atoms with E-state index in [0.717, 1.165) is 27.6 Å². The first-order valence-corrected chi connectivity index (χ1v) is 8.99. The molecule has 0 aliphatic carbocycles. The highest BCUT2D eigenvalue weighted by Crippen LogP contribution is 2.29. The number of pyridine rings is 1. The average Bonchev–Trinajstić information content (AvgIpc) is 3.11. The Balaban J connectivity index is 1.61. The van der Waals surface area contributed by atoms with Gasteiger partial charge in [-0.15, -0.1) is 10.2 Å². The monoisotopic (exact) mass is 365 g/mol. The largest absolute Gasteiger partial charge is 0.423 e. The zero-order valence-corrected chi connectivity index (χ0v) is 15.0. The number of fused-ring (bicyclic) bond motifs is 1. The molecule has 1 aromatic carbocycles. The van der Waals surface area contributed by atoms with Crippen LogP contribution in [-0.2, 0) is 5.75 Å². The van der Waals surface area contributed by atoms with Gasteiger partial charge in [-0.1, -0.05) is 11.8 Å². The predicted molar refractivity (Wildman–Crippen MR) is 99.0 cm³/mol. The van der Waals surface area contributed by atoms with Crippen LogP contribution in [0.3, 0.4) is 0 Å². The highest BCUT2D eigenvalue weighted by Gasteiger charge is 2.12. The molecule has 0 aliphatic heterocycles. The summed E-state index contributed by atoms with van der Waals surface area (Å²) in [4.78, 5) is 15.9. The van der Waals surface area contributed by atoms with E-state index in [-0.39, 0.29) is 5.63 Å². The van der Waals surface area contributed by atoms with Gasteiger partial charge < -0.3 is 8.83 Å². The van der Waals surface area contributed by atoms with Crippen LogP contribution in [-0.4, -0.2) is 15.2 Å². The summed E-state index contributed by atoms with van der Waals surface area (Å²) in [5, 5.41) is 9.47. The summed E-state index contributed by atoms with van der Waals surface area (Å²) >= 11 is 1.38. The fraction of sp³-hybridized carbons (Fsp3) is 0.158. The minimum atomic E-state index is -0.363. The van der Waals surface area contributed by atoms with Gasteiger partial charge >= 0.3 is 5.63 Å². The third kappa shape index (κ3) is 3.25. The molecular weight excluding hydrogens is 350 g/mol. The Kier molecular flexibility index (Phi) is 4.30. The van der Waals surface area contributed by atoms with Gasteiger partial charge in [0, 0.05) is 29.6 Å². The van der Waals surface area contributed by atoms with E-state index in [1.165, 1.54) is 17.8 Å². The predicted octanol–water partition coefficient (Wildman–Crippen LogP) is 4.15. The lowest BCUT2D eigenvalue weighted by Crippen LogP contribution is -2.00. The van der Waals surface area contributed by atoms with Crippen LogP contribution < -0.4 is 5.63 Å². The standard InChI is InChI=1S/C19H15N3O3S/c1-11-6-15-14(8-17(23)24-16(15)7-12(11)2)10-26-19-22-21-18(25-19)13-4-3-5-20-9-13/h3-9H,10H2,1-2H3. The van der Waals surface area contributed by atoms with Crippen molar-refractivity contribution in [2.75, 3.05) is 0 Å². The molecule has 0 unspecified atom stereocenters. The Morgan fingerprint density at radius 2 is 1.92 bits per heavy atom. The molecule has 0 fully saturated rings. The number of thioether (sulfide) groups is 1. The molecule has 26 heavy (non-hydrogen) atoms. The highest BCUT2D eigenvalue weighted by molar-refractivity contribution is 7.98. The van der Waals surface area contributed by atoms with Crippen LogP contribution in [0.25, 0.3) is 22.4 Å². The molecule has 6 nitrogen and oxygen atoms in total. The number of hydrogen-bond donors (Lipinski definition) is 0. The van der Waals surface area contributed by atoms with Crippen molar-refractivity contribution < 1.29 is 8.83 Å². The van der Waals surface area contributed by atoms with E-state index in [1.807, 2.05) is 38.1 Å². The van der Waals surface area contributed by atoms with Crippen LogP contribution in [0.2, 0.25) is 0 Å². The first-order valence-electron chi connectivity index (χ1n) is 8.01. The molecule has 0 N–H and O–H groups in total. The third-order valence-corrected chi connectivity index (χ3v) is 4.98. The van der Waals surface area contributed by atoms with E-state index in [4.69, 9.17) is 8.83 Å². The van der Waals surface area contributed by atoms with Gasteiger partial charge in [0.1, 0.15) is 5.58 Å². The minimum Gasteiger partial charge on any atom is -0.423 e. The van der Waals surface area contributed by atoms with E-state index < -0.39 is 0 Å². The van der Waals surface area contributed by atoms with Crippen molar-refractivity contribution in [3.05, 3.63) is 69.8 Å². The number of aryl methyl sites for hydroxylation is 2. The number of aromatic nitrogens is 3. The Labute approximate surface area is 153 Å². The molecule has 4 rings (SSSR count). The third-order valence-electron chi connectivity index (χ3n) is 4.11. The molecule has 0 spiro atoms. The maximum atomic E-state index is 11.9. The van der Waals surface area contributed by atoms with Crippen molar-refractivity contribution in [1.29, 1.82) is 0 Å². The molecule has 0 radical (unpaired) electrons. The molecule has 0 amide bonds. The fourth-order valence-electron chi connectivity index (χ4n) is 2.62. The lowest BCUT2D eigenvalue weighted by Gasteiger charge is -2.07. The quantitative estimate of drug-likeness (QED) is 0.397. The molecular formula is C19H15N3O3S. The average molecular weight is 365 g/mol. The summed E-state index contributed by atoms with van der Waals surface area (Å²) in [6, 6.07) is 9.12. The van der Waals surface area contributed by atoms with E-state index in [2.05, 4.69) is 15.2 Å². The first kappa shape index (κ1) is 16.5. The number of nitrogens with zero attached hydrogens (tertiary/aromatic N) is 3. The molecule has 3 heterocycles. The van der Waals surface area contributed by atoms with Gasteiger partial charge in [-0.2, -0.15) is 0 Å². The van der Waals surface area contributed by atoms with Crippen LogP contribution in [0.5, 0.6) is 0 Å². The van der Waals surface area contributed by atoms with Crippen LogP contribution in [0.15, 0.2) is 61.6 Å². The van der Waals surface area contributed by atoms with Gasteiger partial charge in [0.25, 0.3) is 5.22 Å². The molecule has 0 bridgehead atoms. The smallest absolute Gasteiger partial charge is 0.336 e. The molecule has 130 valence electrons. The second-order valence-corrected chi connectivity index (χ2v) is 6.85. The van der Waals surface area contributed by atoms with E-state index >= 15 is 0 Å². The lowest BCUT2D eigenvalue weighted by atomic mass is 10.0. The molecule has 0 atom stereocenters. The number of hydrogen-bond acceptors (Lipinski definition) is 7. The van der Waals surface area contributed by atoms with E-state index in [9.17, 15) is 4.79 Å². The summed E-state index contributed by atoms with van der Waals surface area (Å²) in [6.45, 7) is 4.03. The normalized spacial score (nSPS) is 11.2. The SMILES string of the molecule is Cc1cc2oc(=O)cc(CSc3nnc(-c4cccnc4)o3)c2cc1C. The summed E-state index contributed by atoms with van der Waals surface area (Å²) in [5.74, 6) is 0.948. The van der Waals surface area contributed by atoms with Crippen molar-refractivity contribution in [3.63, 3.8) is 0 Å². The van der Waals surface area contributed by atoms with Gasteiger partial charge in [0.15, 0.2) is 0 Å². The maximum absolute atomic E-state index is 11.9. The van der Waals surface area contributed by atoms with Crippen molar-refractivity contribution in [2.24, 2.45) is 0 Å². The highest BCUT2D eigenvalue weighted by atomic mass is 32.2. The van der Waals surface area contributed by atoms with Crippen molar-refractivity contribution in [2.45, 2.75) is 24.8 Å². The van der Waals surface area contributed by atoms with Crippen LogP contribution in [0.4, 0.5) is 0 Å². The molecule has 0 aliphatic rings. The lowest BCUT2D eigenvalue weighted by molar-refractivity contribution is 0.465. The zero-order valence-electron chi connectivity index (χ0n) is 14.2. The van der Waals surface area contributed by atoms with Crippen LogP contribution in [0.1, 0.15) is 16.7 Å². The summed E-state index contributed by atoms with van der Waals surface area (Å²) in [5.41, 5.74) is 4.11. The first-order chi connectivity index (χ1) is 12.6. The Bertz CT molecular complexity index is 1140. The minimum absolute atomic E-state index is 0.363. The summed E-state index contributed by atoms with van der Waals surface area (Å²) in [7, 11) is 0. The second kappa shape index (κ2) is 6.76. The Hall–Kier alpha value is -2.93. The fourth-order valence-corrected chi connectivity index (χ4v) is 3.37. The number of benzene rings is 1. The van der Waals surface area contributed by atoms with E-state index in [0.29, 0.717) is 22.4 Å². The second-order valence-electron chi connectivity index (χ2n) is 5.93. The van der Waals surface area contributed by atoms with Crippen molar-refractivity contribution in [1.82, 2.24) is 15.2 Å². The Morgan fingerprint density at radius 1 is 1.08 bits per heavy atom. The maximum Gasteiger partial charge on any atom is 0.336 e. The van der Waals surface area contributed by atoms with Gasteiger partial charge in [0.2, 0.25) is 5.89 Å². The summed E-state index contributed by atoms with van der Waals surface area (Å²) in [6.07, 6.45) is 3.36. The summed E-state index contributed by atoms with van der Waals surface area (Å²) < 4.78 is 11.0. The van der Waals surface area contributed by atoms with Gasteiger partial charge in [-0.25, -0.2) is 4.79 Å². The number of rotatable bonds is 4. The molecule has 0 saturated carbocycles. The van der Waals surface area contributed by atoms with Crippen LogP contribution in [0, 0.1) is 13.8 Å². The van der Waals surface area contributed by atoms with Crippen molar-refractivity contribution >= 4 is 22.7 Å². The van der Waals surface area contributed by atoms with Crippen LogP contribution >= 0.6 is 11.8 Å². The molecule has 7 heteroatoms. The topological polar surface area (TPSA) is 82.0 Å². The zero-order chi connectivity index (χ0) is 18.1. The van der Waals surface area contributed by atoms with Crippen molar-refractivity contribution in [3.8, 4) is 11.5 Å². The van der Waals surface area contributed by atoms with Gasteiger partial charge in [0.05, 0.1) is 5.56 Å². The van der Waals surface area contributed by atoms with Gasteiger partial charge in [-0.3, -0.25) is 4.98 Å². The molecule has 4 aromatic rings. The molecule has 3 aromatic heterocycles. The van der Waals surface area contributed by atoms with Gasteiger partial charge in [-0.05, 0) is 54.8 Å².